The van der Waals surface area contributed by atoms with Crippen LogP contribution in [0.5, 0.6) is 11.6 Å². The zero-order chi connectivity index (χ0) is 25.5. The summed E-state index contributed by atoms with van der Waals surface area (Å²) in [7, 11) is 0. The first-order chi connectivity index (χ1) is 18.2. The predicted molar refractivity (Wildman–Crippen MR) is 142 cm³/mol. The molecule has 37 heavy (non-hydrogen) atoms. The molecule has 3 heterocycles. The Morgan fingerprint density at radius 2 is 1.78 bits per heavy atom. The van der Waals surface area contributed by atoms with E-state index in [9.17, 15) is 5.11 Å². The second kappa shape index (κ2) is 12.7. The van der Waals surface area contributed by atoms with Gasteiger partial charge in [-0.3, -0.25) is 9.80 Å². The van der Waals surface area contributed by atoms with Crippen LogP contribution in [0.4, 0.5) is 0 Å². The highest BCUT2D eigenvalue weighted by molar-refractivity contribution is 5.43. The molecular weight excluding hydrogens is 468 g/mol. The summed E-state index contributed by atoms with van der Waals surface area (Å²) < 4.78 is 19.8. The van der Waals surface area contributed by atoms with Gasteiger partial charge < -0.3 is 19.3 Å². The summed E-state index contributed by atoms with van der Waals surface area (Å²) in [6.45, 7) is 8.58. The van der Waals surface area contributed by atoms with Crippen LogP contribution in [0, 0.1) is 6.92 Å². The van der Waals surface area contributed by atoms with Crippen LogP contribution in [0.2, 0.25) is 0 Å². The smallest absolute Gasteiger partial charge is 0.227 e. The number of nitrogens with zero attached hydrogens (tertiary/aromatic N) is 4. The van der Waals surface area contributed by atoms with Crippen LogP contribution >= 0.6 is 0 Å². The second-order valence-corrected chi connectivity index (χ2v) is 9.93. The normalized spacial score (nSPS) is 19.4. The van der Waals surface area contributed by atoms with Gasteiger partial charge in [-0.15, -0.1) is 0 Å². The summed E-state index contributed by atoms with van der Waals surface area (Å²) in [4.78, 5) is 4.58. The van der Waals surface area contributed by atoms with E-state index in [1.165, 1.54) is 0 Å². The number of aliphatic hydroxyl groups excluding tert-OH is 1. The summed E-state index contributed by atoms with van der Waals surface area (Å²) >= 11 is 0. The quantitative estimate of drug-likeness (QED) is 0.426. The van der Waals surface area contributed by atoms with Crippen molar-refractivity contribution in [2.24, 2.45) is 0 Å². The minimum Gasteiger partial charge on any atom is -0.439 e. The number of aryl methyl sites for hydroxylation is 1. The molecule has 2 saturated heterocycles. The van der Waals surface area contributed by atoms with Crippen molar-refractivity contribution in [3.8, 4) is 17.3 Å². The molecule has 0 aliphatic carbocycles. The highest BCUT2D eigenvalue weighted by Gasteiger charge is 2.26. The molecule has 2 aromatic carbocycles. The number of ether oxygens (including phenoxy) is 3. The minimum absolute atomic E-state index is 0.179. The fourth-order valence-electron chi connectivity index (χ4n) is 5.11. The summed E-state index contributed by atoms with van der Waals surface area (Å²) in [5, 5.41) is 15.9. The molecule has 198 valence electrons. The number of hydrogen-bond acceptors (Lipinski definition) is 7. The first kappa shape index (κ1) is 25.9. The lowest BCUT2D eigenvalue weighted by Gasteiger charge is -2.32. The molecule has 2 aliphatic rings. The van der Waals surface area contributed by atoms with Crippen LogP contribution in [0.3, 0.4) is 0 Å². The van der Waals surface area contributed by atoms with Crippen LogP contribution < -0.4 is 4.74 Å². The highest BCUT2D eigenvalue weighted by atomic mass is 16.5. The molecule has 8 nitrogen and oxygen atoms in total. The zero-order valence-corrected chi connectivity index (χ0v) is 21.7. The van der Waals surface area contributed by atoms with E-state index in [-0.39, 0.29) is 6.10 Å². The van der Waals surface area contributed by atoms with Crippen molar-refractivity contribution < 1.29 is 19.3 Å². The fourth-order valence-corrected chi connectivity index (χ4v) is 5.11. The molecule has 2 aliphatic heterocycles. The van der Waals surface area contributed by atoms with Crippen molar-refractivity contribution in [2.45, 2.75) is 38.5 Å². The third-order valence-electron chi connectivity index (χ3n) is 7.00. The molecule has 0 saturated carbocycles. The molecule has 1 aromatic heterocycles. The second-order valence-electron chi connectivity index (χ2n) is 9.93. The summed E-state index contributed by atoms with van der Waals surface area (Å²) in [6.07, 6.45) is 1.84. The Hall–Kier alpha value is -2.75. The first-order valence-corrected chi connectivity index (χ1v) is 13.3. The molecule has 0 radical (unpaired) electrons. The molecule has 3 aromatic rings. The van der Waals surface area contributed by atoms with Gasteiger partial charge in [0.25, 0.3) is 0 Å². The van der Waals surface area contributed by atoms with Gasteiger partial charge in [0.15, 0.2) is 0 Å². The lowest BCUT2D eigenvalue weighted by molar-refractivity contribution is -0.000213. The van der Waals surface area contributed by atoms with E-state index in [1.807, 2.05) is 72.3 Å². The molecule has 2 atom stereocenters. The van der Waals surface area contributed by atoms with E-state index in [0.717, 1.165) is 75.0 Å². The molecule has 5 rings (SSSR count). The van der Waals surface area contributed by atoms with Gasteiger partial charge in [-0.1, -0.05) is 36.4 Å². The largest absolute Gasteiger partial charge is 0.439 e. The number of morpholine rings is 1. The Bertz CT molecular complexity index is 1100. The number of aliphatic hydroxyl groups is 1. The average Bonchev–Trinajstić information content (AvgIpc) is 3.54. The van der Waals surface area contributed by atoms with Crippen LogP contribution in [-0.2, 0) is 16.0 Å². The van der Waals surface area contributed by atoms with Crippen LogP contribution in [0.1, 0.15) is 24.1 Å². The minimum atomic E-state index is -0.470. The van der Waals surface area contributed by atoms with E-state index in [2.05, 4.69) is 9.80 Å². The van der Waals surface area contributed by atoms with Gasteiger partial charge in [-0.25, -0.2) is 4.68 Å². The summed E-state index contributed by atoms with van der Waals surface area (Å²) in [5.41, 5.74) is 2.87. The number of hydrogen-bond donors (Lipinski definition) is 1. The topological polar surface area (TPSA) is 72.2 Å². The Morgan fingerprint density at radius 3 is 2.49 bits per heavy atom. The molecule has 0 bridgehead atoms. The van der Waals surface area contributed by atoms with Crippen molar-refractivity contribution in [1.82, 2.24) is 19.6 Å². The van der Waals surface area contributed by atoms with Crippen molar-refractivity contribution >= 4 is 0 Å². The van der Waals surface area contributed by atoms with Gasteiger partial charge in [0.05, 0.1) is 42.4 Å². The standard InChI is InChI=1S/C29H38N4O4/c1-23-28(29(37-26-11-6-3-7-12-26)33(30-23)24-9-4-2-5-10-24)22-32(21-27-13-8-16-36-27)20-25(34)19-31-14-17-35-18-15-31/h2-7,9-12,25,27,34H,8,13-22H2,1H3/t25-,27+/m0/s1. The third-order valence-corrected chi connectivity index (χ3v) is 7.00. The van der Waals surface area contributed by atoms with Crippen molar-refractivity contribution in [1.29, 1.82) is 0 Å². The van der Waals surface area contributed by atoms with E-state index >= 15 is 0 Å². The Kier molecular flexibility index (Phi) is 8.86. The van der Waals surface area contributed by atoms with E-state index < -0.39 is 6.10 Å². The zero-order valence-electron chi connectivity index (χ0n) is 21.7. The molecule has 8 heteroatoms. The van der Waals surface area contributed by atoms with Crippen LogP contribution in [0.15, 0.2) is 60.7 Å². The predicted octanol–water partition coefficient (Wildman–Crippen LogP) is 3.65. The maximum Gasteiger partial charge on any atom is 0.227 e. The average molecular weight is 507 g/mol. The Morgan fingerprint density at radius 1 is 1.05 bits per heavy atom. The summed E-state index contributed by atoms with van der Waals surface area (Å²) in [5.74, 6) is 1.47. The number of aromatic nitrogens is 2. The van der Waals surface area contributed by atoms with Crippen molar-refractivity contribution in [2.75, 3.05) is 52.5 Å². The van der Waals surface area contributed by atoms with Gasteiger partial charge in [-0.05, 0) is 44.0 Å². The third kappa shape index (κ3) is 6.97. The maximum atomic E-state index is 11.1. The van der Waals surface area contributed by atoms with Gasteiger partial charge in [-0.2, -0.15) is 5.10 Å². The number of para-hydroxylation sites is 2. The van der Waals surface area contributed by atoms with Gasteiger partial charge in [0, 0.05) is 45.9 Å². The van der Waals surface area contributed by atoms with Gasteiger partial charge >= 0.3 is 0 Å². The monoisotopic (exact) mass is 506 g/mol. The number of benzene rings is 2. The highest BCUT2D eigenvalue weighted by Crippen LogP contribution is 2.32. The molecule has 0 spiro atoms. The van der Waals surface area contributed by atoms with E-state index in [4.69, 9.17) is 19.3 Å². The number of β-amino-alcohol motifs (C(OH)–C–C–N with tert-alkyl or cyclic N) is 1. The number of rotatable bonds is 11. The van der Waals surface area contributed by atoms with Gasteiger partial charge in [0.2, 0.25) is 5.88 Å². The van der Waals surface area contributed by atoms with E-state index in [0.29, 0.717) is 25.5 Å². The molecule has 1 N–H and O–H groups in total. The molecule has 2 fully saturated rings. The Labute approximate surface area is 219 Å². The first-order valence-electron chi connectivity index (χ1n) is 13.3. The lowest BCUT2D eigenvalue weighted by atomic mass is 10.1. The lowest BCUT2D eigenvalue weighted by Crippen LogP contribution is -2.45. The SMILES string of the molecule is Cc1nn(-c2ccccc2)c(Oc2ccccc2)c1CN(C[C@@H](O)CN1CCOCC1)C[C@H]1CCCO1. The Balaban J connectivity index is 1.40. The maximum absolute atomic E-state index is 11.1. The molecule has 0 amide bonds. The fraction of sp³-hybridized carbons (Fsp3) is 0.483. The van der Waals surface area contributed by atoms with Crippen LogP contribution in [-0.4, -0.2) is 89.4 Å². The molecular formula is C29H38N4O4. The van der Waals surface area contributed by atoms with Crippen molar-refractivity contribution in [3.63, 3.8) is 0 Å². The van der Waals surface area contributed by atoms with E-state index in [1.54, 1.807) is 0 Å². The van der Waals surface area contributed by atoms with Crippen LogP contribution in [0.25, 0.3) is 5.69 Å². The van der Waals surface area contributed by atoms with Crippen molar-refractivity contribution in [3.05, 3.63) is 71.9 Å². The molecule has 0 unspecified atom stereocenters. The summed E-state index contributed by atoms with van der Waals surface area (Å²) in [6, 6.07) is 19.9. The van der Waals surface area contributed by atoms with Gasteiger partial charge in [0.1, 0.15) is 5.75 Å².